The van der Waals surface area contributed by atoms with Gasteiger partial charge in [-0.3, -0.25) is 14.9 Å². The van der Waals surface area contributed by atoms with Crippen LogP contribution in [-0.4, -0.2) is 42.5 Å². The molecule has 1 unspecified atom stereocenters. The molecule has 2 aromatic rings. The summed E-state index contributed by atoms with van der Waals surface area (Å²) < 4.78 is 0. The van der Waals surface area contributed by atoms with E-state index in [1.54, 1.807) is 7.05 Å². The number of benzene rings is 1. The van der Waals surface area contributed by atoms with Gasteiger partial charge in [0.1, 0.15) is 0 Å². The highest BCUT2D eigenvalue weighted by Crippen LogP contribution is 2.26. The van der Waals surface area contributed by atoms with Crippen molar-refractivity contribution in [2.75, 3.05) is 26.7 Å². The summed E-state index contributed by atoms with van der Waals surface area (Å²) >= 11 is 6.48. The maximum Gasteiger partial charge on any atom is 0.191 e. The lowest BCUT2D eigenvalue weighted by molar-refractivity contribution is 0.219. The van der Waals surface area contributed by atoms with Crippen LogP contribution in [0.1, 0.15) is 36.7 Å². The monoisotopic (exact) mass is 515 g/mol. The third-order valence-corrected chi connectivity index (χ3v) is 5.09. The van der Waals surface area contributed by atoms with Gasteiger partial charge in [-0.05, 0) is 43.3 Å². The highest BCUT2D eigenvalue weighted by Gasteiger charge is 2.20. The van der Waals surface area contributed by atoms with Gasteiger partial charge in [-0.25, -0.2) is 0 Å². The van der Waals surface area contributed by atoms with Gasteiger partial charge in [0.15, 0.2) is 5.96 Å². The van der Waals surface area contributed by atoms with Gasteiger partial charge in [-0.2, -0.15) is 0 Å². The van der Waals surface area contributed by atoms with Gasteiger partial charge >= 0.3 is 0 Å². The number of nitrogens with one attached hydrogen (secondary N) is 2. The van der Waals surface area contributed by atoms with Crippen LogP contribution in [0.5, 0.6) is 0 Å². The van der Waals surface area contributed by atoms with E-state index in [-0.39, 0.29) is 30.0 Å². The Balaban J connectivity index is 0.00000392. The van der Waals surface area contributed by atoms with Crippen molar-refractivity contribution in [1.82, 2.24) is 20.5 Å². The van der Waals surface area contributed by atoms with Crippen molar-refractivity contribution in [3.05, 3.63) is 64.4 Å². The minimum Gasteiger partial charge on any atom is -0.354 e. The van der Waals surface area contributed by atoms with E-state index in [4.69, 9.17) is 11.6 Å². The number of hydrogen-bond donors (Lipinski definition) is 2. The van der Waals surface area contributed by atoms with Crippen LogP contribution < -0.4 is 10.6 Å². The van der Waals surface area contributed by atoms with Crippen molar-refractivity contribution in [3.8, 4) is 0 Å². The van der Waals surface area contributed by atoms with Crippen LogP contribution in [0.25, 0.3) is 0 Å². The van der Waals surface area contributed by atoms with E-state index in [2.05, 4.69) is 58.4 Å². The molecule has 7 heteroatoms. The number of guanidine groups is 1. The average molecular weight is 516 g/mol. The first-order valence-corrected chi connectivity index (χ1v) is 9.81. The van der Waals surface area contributed by atoms with Crippen molar-refractivity contribution in [2.24, 2.45) is 4.99 Å². The van der Waals surface area contributed by atoms with E-state index in [1.165, 1.54) is 0 Å². The largest absolute Gasteiger partial charge is 0.354 e. The molecule has 28 heavy (non-hydrogen) atoms. The Morgan fingerprint density at radius 1 is 1.14 bits per heavy atom. The zero-order valence-electron chi connectivity index (χ0n) is 17.1. The maximum atomic E-state index is 6.48. The van der Waals surface area contributed by atoms with Gasteiger partial charge in [-0.1, -0.05) is 49.7 Å². The molecule has 1 heterocycles. The van der Waals surface area contributed by atoms with Crippen LogP contribution in [0.2, 0.25) is 5.02 Å². The fourth-order valence-electron chi connectivity index (χ4n) is 3.13. The summed E-state index contributed by atoms with van der Waals surface area (Å²) in [6, 6.07) is 12.2. The zero-order chi connectivity index (χ0) is 19.6. The molecule has 1 aromatic carbocycles. The number of halogens is 2. The Bertz CT molecular complexity index is 749. The predicted octanol–water partition coefficient (Wildman–Crippen LogP) is 4.41. The van der Waals surface area contributed by atoms with E-state index in [1.807, 2.05) is 30.5 Å². The van der Waals surface area contributed by atoms with Gasteiger partial charge in [-0.15, -0.1) is 24.0 Å². The third-order valence-electron chi connectivity index (χ3n) is 4.74. The molecule has 0 aliphatic carbocycles. The summed E-state index contributed by atoms with van der Waals surface area (Å²) in [5.74, 6) is 0.754. The Morgan fingerprint density at radius 2 is 1.86 bits per heavy atom. The summed E-state index contributed by atoms with van der Waals surface area (Å²) in [6.45, 7) is 9.66. The fraction of sp³-hybridized carbons (Fsp3) is 0.429. The SMILES string of the molecule is CCN(CC)C(CNC(=NC)NCc1ncccc1C)c1ccccc1Cl.I. The molecule has 0 aliphatic rings. The Labute approximate surface area is 191 Å². The molecule has 154 valence electrons. The molecule has 0 spiro atoms. The molecular formula is C21H31ClIN5. The number of rotatable bonds is 8. The van der Waals surface area contributed by atoms with Gasteiger partial charge in [0, 0.05) is 24.8 Å². The van der Waals surface area contributed by atoms with Crippen molar-refractivity contribution < 1.29 is 0 Å². The Kier molecular flexibility index (Phi) is 11.4. The van der Waals surface area contributed by atoms with Gasteiger partial charge in [0.25, 0.3) is 0 Å². The molecule has 0 radical (unpaired) electrons. The topological polar surface area (TPSA) is 52.5 Å². The smallest absolute Gasteiger partial charge is 0.191 e. The van der Waals surface area contributed by atoms with E-state index < -0.39 is 0 Å². The highest BCUT2D eigenvalue weighted by atomic mass is 127. The Hall–Kier alpha value is -1.38. The molecule has 1 aromatic heterocycles. The quantitative estimate of drug-likeness (QED) is 0.311. The van der Waals surface area contributed by atoms with Crippen molar-refractivity contribution in [2.45, 2.75) is 33.4 Å². The summed E-state index contributed by atoms with van der Waals surface area (Å²) in [5.41, 5.74) is 3.32. The molecular weight excluding hydrogens is 485 g/mol. The number of aromatic nitrogens is 1. The summed E-state index contributed by atoms with van der Waals surface area (Å²) in [5, 5.41) is 7.59. The lowest BCUT2D eigenvalue weighted by Gasteiger charge is -2.31. The number of likely N-dealkylation sites (N-methyl/N-ethyl adjacent to an activating group) is 1. The first-order chi connectivity index (χ1) is 13.1. The van der Waals surface area contributed by atoms with E-state index >= 15 is 0 Å². The second-order valence-corrected chi connectivity index (χ2v) is 6.74. The van der Waals surface area contributed by atoms with E-state index in [9.17, 15) is 0 Å². The molecule has 0 saturated heterocycles. The lowest BCUT2D eigenvalue weighted by Crippen LogP contribution is -2.43. The maximum absolute atomic E-state index is 6.48. The molecule has 0 saturated carbocycles. The van der Waals surface area contributed by atoms with Crippen LogP contribution in [0.4, 0.5) is 0 Å². The van der Waals surface area contributed by atoms with Crippen LogP contribution in [-0.2, 0) is 6.54 Å². The van der Waals surface area contributed by atoms with Crippen LogP contribution >= 0.6 is 35.6 Å². The first-order valence-electron chi connectivity index (χ1n) is 9.44. The van der Waals surface area contributed by atoms with Crippen molar-refractivity contribution in [3.63, 3.8) is 0 Å². The molecule has 2 rings (SSSR count). The number of hydrogen-bond acceptors (Lipinski definition) is 3. The fourth-order valence-corrected chi connectivity index (χ4v) is 3.39. The van der Waals surface area contributed by atoms with E-state index in [0.29, 0.717) is 13.1 Å². The van der Waals surface area contributed by atoms with E-state index in [0.717, 1.165) is 40.9 Å². The molecule has 5 nitrogen and oxygen atoms in total. The normalized spacial score (nSPS) is 12.4. The number of aryl methyl sites for hydroxylation is 1. The van der Waals surface area contributed by atoms with Crippen LogP contribution in [0, 0.1) is 6.92 Å². The molecule has 0 fully saturated rings. The van der Waals surface area contributed by atoms with Crippen LogP contribution in [0.15, 0.2) is 47.6 Å². The average Bonchev–Trinajstić information content (AvgIpc) is 2.69. The lowest BCUT2D eigenvalue weighted by atomic mass is 10.0. The molecule has 1 atom stereocenters. The summed E-state index contributed by atoms with van der Waals surface area (Å²) in [6.07, 6.45) is 1.81. The highest BCUT2D eigenvalue weighted by molar-refractivity contribution is 14.0. The number of pyridine rings is 1. The standard InChI is InChI=1S/C21H30ClN5.HI/c1-5-27(6-2)20(17-11-7-8-12-18(17)22)15-26-21(23-4)25-14-19-16(3)10-9-13-24-19;/h7-13,20H,5-6,14-15H2,1-4H3,(H2,23,25,26);1H. The molecule has 0 amide bonds. The summed E-state index contributed by atoms with van der Waals surface area (Å²) in [7, 11) is 1.78. The first kappa shape index (κ1) is 24.7. The second kappa shape index (κ2) is 13.0. The molecule has 0 bridgehead atoms. The minimum absolute atomic E-state index is 0. The minimum atomic E-state index is 0. The van der Waals surface area contributed by atoms with Gasteiger partial charge in [0.05, 0.1) is 18.3 Å². The predicted molar refractivity (Wildman–Crippen MR) is 130 cm³/mol. The number of nitrogens with zero attached hydrogens (tertiary/aromatic N) is 3. The molecule has 2 N–H and O–H groups in total. The molecule has 0 aliphatic heterocycles. The van der Waals surface area contributed by atoms with Gasteiger partial charge in [0.2, 0.25) is 0 Å². The van der Waals surface area contributed by atoms with Crippen molar-refractivity contribution in [1.29, 1.82) is 0 Å². The van der Waals surface area contributed by atoms with Gasteiger partial charge < -0.3 is 10.6 Å². The third kappa shape index (κ3) is 6.90. The zero-order valence-corrected chi connectivity index (χ0v) is 20.2. The van der Waals surface area contributed by atoms with Crippen molar-refractivity contribution >= 4 is 41.5 Å². The summed E-state index contributed by atoms with van der Waals surface area (Å²) in [4.78, 5) is 11.2. The number of aliphatic imine (C=N–C) groups is 1. The second-order valence-electron chi connectivity index (χ2n) is 6.33. The Morgan fingerprint density at radius 3 is 2.46 bits per heavy atom. The van der Waals surface area contributed by atoms with Crippen LogP contribution in [0.3, 0.4) is 0 Å².